The summed E-state index contributed by atoms with van der Waals surface area (Å²) in [6, 6.07) is 5.63. The average Bonchev–Trinajstić information content (AvgIpc) is 3.31. The van der Waals surface area contributed by atoms with Crippen LogP contribution in [0.15, 0.2) is 47.4 Å². The largest absolute Gasteiger partial charge is 0.435 e. The molecule has 3 atom stereocenters. The van der Waals surface area contributed by atoms with Crippen molar-refractivity contribution >= 4 is 33.1 Å². The van der Waals surface area contributed by atoms with Crippen molar-refractivity contribution in [1.29, 1.82) is 0 Å². The molecule has 1 aliphatic heterocycles. The van der Waals surface area contributed by atoms with E-state index >= 15 is 0 Å². The van der Waals surface area contributed by atoms with E-state index in [1.54, 1.807) is 6.92 Å². The maximum Gasteiger partial charge on any atom is 0.435 e. The molecule has 0 spiro atoms. The summed E-state index contributed by atoms with van der Waals surface area (Å²) in [7, 11) is -4.46. The van der Waals surface area contributed by atoms with Gasteiger partial charge in [0.15, 0.2) is 9.84 Å². The molecule has 2 aromatic rings. The summed E-state index contributed by atoms with van der Waals surface area (Å²) in [5.74, 6) is -1.22. The van der Waals surface area contributed by atoms with Gasteiger partial charge in [0.05, 0.1) is 10.9 Å². The summed E-state index contributed by atoms with van der Waals surface area (Å²) in [6.07, 6.45) is -12.9. The van der Waals surface area contributed by atoms with Gasteiger partial charge >= 0.3 is 18.0 Å². The third-order valence-electron chi connectivity index (χ3n) is 8.30. The molecule has 0 saturated carbocycles. The average molecular weight is 642 g/mol. The number of carbonyl (C=O) groups is 2. The first kappa shape index (κ1) is 32.2. The summed E-state index contributed by atoms with van der Waals surface area (Å²) in [4.78, 5) is 26.1. The number of aryl methyl sites for hydroxylation is 1. The lowest BCUT2D eigenvalue weighted by molar-refractivity contribution is -0.348. The van der Waals surface area contributed by atoms with Crippen molar-refractivity contribution in [3.05, 3.63) is 64.2 Å². The molecule has 42 heavy (non-hydrogen) atoms. The monoisotopic (exact) mass is 641 g/mol. The molecule has 0 N–H and O–H groups in total. The zero-order valence-electron chi connectivity index (χ0n) is 22.5. The SMILES string of the molecule is CC(=O)CCC(C)C(=O)N1CCC2(S(=O)(=O)c3ccc(Cl)cc3)c3ccc(C(F)(C(F)(F)F)C(F)(F)F)cc3CCC12. The van der Waals surface area contributed by atoms with Gasteiger partial charge in [-0.25, -0.2) is 12.8 Å². The standard InChI is InChI=1S/C28H27ClF7NO4S/c1-16(3-4-17(2)38)24(39)37-14-13-25(42(40,41)21-9-7-20(29)8-10-21)22-11-6-19(15-18(22)5-12-23(25)37)26(30,27(31,32)33)28(34,35)36/h6-11,15-16,23H,3-5,12-14H2,1-2H3. The quantitative estimate of drug-likeness (QED) is 0.310. The molecule has 0 aromatic heterocycles. The van der Waals surface area contributed by atoms with E-state index in [0.29, 0.717) is 12.1 Å². The molecular weight excluding hydrogens is 615 g/mol. The molecule has 1 heterocycles. The van der Waals surface area contributed by atoms with Crippen LogP contribution in [-0.4, -0.2) is 49.9 Å². The van der Waals surface area contributed by atoms with E-state index in [0.717, 1.165) is 6.07 Å². The normalized spacial score (nSPS) is 22.0. The number of hydrogen-bond donors (Lipinski definition) is 0. The second-order valence-electron chi connectivity index (χ2n) is 10.9. The van der Waals surface area contributed by atoms with Gasteiger partial charge < -0.3 is 9.69 Å². The lowest BCUT2D eigenvalue weighted by atomic mass is 9.76. The second kappa shape index (κ2) is 10.8. The molecule has 2 aromatic carbocycles. The fourth-order valence-electron chi connectivity index (χ4n) is 6.14. The number of sulfone groups is 1. The number of nitrogens with zero attached hydrogens (tertiary/aromatic N) is 1. The van der Waals surface area contributed by atoms with E-state index in [1.807, 2.05) is 0 Å². The van der Waals surface area contributed by atoms with Crippen LogP contribution in [0.3, 0.4) is 0 Å². The molecule has 1 fully saturated rings. The minimum Gasteiger partial charge on any atom is -0.337 e. The maximum atomic E-state index is 14.9. The Balaban J connectivity index is 1.90. The number of hydrogen-bond acceptors (Lipinski definition) is 4. The lowest BCUT2D eigenvalue weighted by Crippen LogP contribution is -2.53. The van der Waals surface area contributed by atoms with Crippen LogP contribution in [0.4, 0.5) is 30.7 Å². The molecule has 0 radical (unpaired) electrons. The summed E-state index contributed by atoms with van der Waals surface area (Å²) >= 11 is 5.93. The van der Waals surface area contributed by atoms with Gasteiger partial charge in [0.1, 0.15) is 10.5 Å². The number of Topliss-reactive ketones (excluding diaryl/α,β-unsaturated/α-hetero) is 1. The van der Waals surface area contributed by atoms with Gasteiger partial charge in [0.2, 0.25) is 5.91 Å². The number of fused-ring (bicyclic) bond motifs is 3. The van der Waals surface area contributed by atoms with Crippen LogP contribution < -0.4 is 0 Å². The Morgan fingerprint density at radius 1 is 1.02 bits per heavy atom. The highest BCUT2D eigenvalue weighted by molar-refractivity contribution is 7.92. The van der Waals surface area contributed by atoms with Crippen molar-refractivity contribution in [1.82, 2.24) is 4.90 Å². The summed E-state index contributed by atoms with van der Waals surface area (Å²) < 4.78 is 123. The molecule has 4 rings (SSSR count). The number of halogens is 8. The fourth-order valence-corrected chi connectivity index (χ4v) is 8.64. The highest BCUT2D eigenvalue weighted by atomic mass is 35.5. The van der Waals surface area contributed by atoms with Gasteiger partial charge in [-0.15, -0.1) is 0 Å². The van der Waals surface area contributed by atoms with Gasteiger partial charge in [0.25, 0.3) is 0 Å². The molecule has 3 unspecified atom stereocenters. The maximum absolute atomic E-state index is 14.9. The Morgan fingerprint density at radius 3 is 2.17 bits per heavy atom. The smallest absolute Gasteiger partial charge is 0.337 e. The van der Waals surface area contributed by atoms with Crippen molar-refractivity contribution < 1.29 is 48.7 Å². The minimum atomic E-state index is -6.34. The predicted molar refractivity (Wildman–Crippen MR) is 139 cm³/mol. The minimum absolute atomic E-state index is 0.0694. The number of carbonyl (C=O) groups excluding carboxylic acids is 2. The van der Waals surface area contributed by atoms with Crippen LogP contribution in [0.25, 0.3) is 0 Å². The first-order chi connectivity index (χ1) is 19.3. The Bertz CT molecular complexity index is 1480. The highest BCUT2D eigenvalue weighted by Crippen LogP contribution is 2.56. The molecule has 2 aliphatic rings. The van der Waals surface area contributed by atoms with E-state index in [2.05, 4.69) is 0 Å². The molecular formula is C28H27ClF7NO4S. The molecule has 1 saturated heterocycles. The molecule has 0 bridgehead atoms. The number of rotatable bonds is 7. The van der Waals surface area contributed by atoms with Crippen LogP contribution >= 0.6 is 11.6 Å². The summed E-state index contributed by atoms with van der Waals surface area (Å²) in [5.41, 5.74) is -7.66. The molecule has 5 nitrogen and oxygen atoms in total. The Morgan fingerprint density at radius 2 is 1.62 bits per heavy atom. The van der Waals surface area contributed by atoms with Crippen molar-refractivity contribution in [3.8, 4) is 0 Å². The first-order valence-electron chi connectivity index (χ1n) is 13.1. The number of alkyl halides is 7. The van der Waals surface area contributed by atoms with Crippen molar-refractivity contribution in [3.63, 3.8) is 0 Å². The fraction of sp³-hybridized carbons (Fsp3) is 0.500. The molecule has 14 heteroatoms. The Kier molecular flexibility index (Phi) is 8.29. The van der Waals surface area contributed by atoms with Crippen LogP contribution in [0.1, 0.15) is 56.2 Å². The third kappa shape index (κ3) is 4.99. The van der Waals surface area contributed by atoms with Crippen molar-refractivity contribution in [2.24, 2.45) is 5.92 Å². The zero-order chi connectivity index (χ0) is 31.5. The lowest BCUT2D eigenvalue weighted by Gasteiger charge is -2.43. The van der Waals surface area contributed by atoms with Gasteiger partial charge in [-0.1, -0.05) is 36.7 Å². The van der Waals surface area contributed by atoms with Gasteiger partial charge in [-0.2, -0.15) is 26.3 Å². The van der Waals surface area contributed by atoms with Gasteiger partial charge in [0, 0.05) is 29.5 Å². The van der Waals surface area contributed by atoms with E-state index in [1.165, 1.54) is 36.1 Å². The Hall–Kier alpha value is -2.67. The predicted octanol–water partition coefficient (Wildman–Crippen LogP) is 6.85. The zero-order valence-corrected chi connectivity index (χ0v) is 24.0. The topological polar surface area (TPSA) is 71.5 Å². The van der Waals surface area contributed by atoms with Crippen LogP contribution in [0.5, 0.6) is 0 Å². The number of likely N-dealkylation sites (tertiary alicyclic amines) is 1. The van der Waals surface area contributed by atoms with Gasteiger partial charge in [-0.3, -0.25) is 4.79 Å². The van der Waals surface area contributed by atoms with E-state index in [9.17, 15) is 48.7 Å². The Labute approximate surface area is 242 Å². The summed E-state index contributed by atoms with van der Waals surface area (Å²) in [6.45, 7) is 2.89. The van der Waals surface area contributed by atoms with Crippen molar-refractivity contribution in [2.45, 2.75) is 79.7 Å². The number of ketones is 1. The second-order valence-corrected chi connectivity index (χ2v) is 13.5. The van der Waals surface area contributed by atoms with E-state index in [-0.39, 0.29) is 65.5 Å². The number of benzene rings is 2. The van der Waals surface area contributed by atoms with E-state index in [4.69, 9.17) is 11.6 Å². The van der Waals surface area contributed by atoms with Crippen molar-refractivity contribution in [2.75, 3.05) is 6.54 Å². The van der Waals surface area contributed by atoms with E-state index < -0.39 is 56.0 Å². The van der Waals surface area contributed by atoms with Crippen LogP contribution in [0, 0.1) is 5.92 Å². The highest BCUT2D eigenvalue weighted by Gasteiger charge is 2.73. The molecule has 1 aliphatic carbocycles. The first-order valence-corrected chi connectivity index (χ1v) is 14.9. The van der Waals surface area contributed by atoms with Crippen LogP contribution in [0.2, 0.25) is 5.02 Å². The van der Waals surface area contributed by atoms with Gasteiger partial charge in [-0.05, 0) is 68.0 Å². The summed E-state index contributed by atoms with van der Waals surface area (Å²) in [5, 5.41) is 0.220. The molecule has 230 valence electrons. The molecule has 1 amide bonds. The number of amides is 1. The van der Waals surface area contributed by atoms with Crippen LogP contribution in [-0.2, 0) is 36.3 Å². The third-order valence-corrected chi connectivity index (χ3v) is 11.1.